The molecular formula is C15H13NO3. The summed E-state index contributed by atoms with van der Waals surface area (Å²) >= 11 is 0. The third-order valence-corrected chi connectivity index (χ3v) is 3.56. The van der Waals surface area contributed by atoms with E-state index in [9.17, 15) is 14.7 Å². The van der Waals surface area contributed by atoms with Crippen LogP contribution in [0.25, 0.3) is 10.9 Å². The van der Waals surface area contributed by atoms with E-state index in [0.29, 0.717) is 34.2 Å². The van der Waals surface area contributed by atoms with Gasteiger partial charge in [0.25, 0.3) is 0 Å². The average molecular weight is 255 g/mol. The molecule has 1 heterocycles. The molecule has 0 saturated heterocycles. The maximum atomic E-state index is 12.2. The van der Waals surface area contributed by atoms with Crippen molar-refractivity contribution in [2.75, 3.05) is 0 Å². The van der Waals surface area contributed by atoms with Gasteiger partial charge < -0.3 is 10.1 Å². The largest absolute Gasteiger partial charge is 0.508 e. The number of rotatable bonds is 1. The Balaban J connectivity index is 2.39. The predicted molar refractivity (Wildman–Crippen MR) is 71.8 cm³/mol. The number of ketones is 2. The lowest BCUT2D eigenvalue weighted by atomic mass is 9.93. The van der Waals surface area contributed by atoms with E-state index in [0.717, 1.165) is 5.56 Å². The number of nitrogens with one attached hydrogen (secondary N) is 1. The molecule has 2 aromatic rings. The standard InChI is InChI=1S/C15H13NO3/c1-3-8-5-9-10(6-11(8)17)16-14-12(18)4-7(2)15(19)13(9)14/h4-6,16-17H,3H2,1-2H3. The van der Waals surface area contributed by atoms with Gasteiger partial charge >= 0.3 is 0 Å². The van der Waals surface area contributed by atoms with Crippen molar-refractivity contribution in [3.8, 4) is 5.75 Å². The second kappa shape index (κ2) is 3.82. The highest BCUT2D eigenvalue weighted by atomic mass is 16.3. The molecule has 1 aromatic heterocycles. The summed E-state index contributed by atoms with van der Waals surface area (Å²) in [4.78, 5) is 27.1. The second-order valence-electron chi connectivity index (χ2n) is 4.78. The van der Waals surface area contributed by atoms with Gasteiger partial charge in [0.1, 0.15) is 5.75 Å². The number of allylic oxidation sites excluding steroid dienone is 2. The molecule has 19 heavy (non-hydrogen) atoms. The van der Waals surface area contributed by atoms with Crippen LogP contribution in [0.3, 0.4) is 0 Å². The first-order chi connectivity index (χ1) is 9.02. The van der Waals surface area contributed by atoms with Gasteiger partial charge in [-0.1, -0.05) is 6.92 Å². The highest BCUT2D eigenvalue weighted by molar-refractivity contribution is 6.28. The van der Waals surface area contributed by atoms with Gasteiger partial charge in [-0.15, -0.1) is 0 Å². The molecule has 1 aliphatic rings. The normalized spacial score (nSPS) is 14.7. The molecule has 0 bridgehead atoms. The van der Waals surface area contributed by atoms with E-state index in [-0.39, 0.29) is 17.3 Å². The summed E-state index contributed by atoms with van der Waals surface area (Å²) in [6.07, 6.45) is 2.01. The zero-order valence-corrected chi connectivity index (χ0v) is 10.7. The maximum absolute atomic E-state index is 12.2. The number of aromatic amines is 1. The van der Waals surface area contributed by atoms with Gasteiger partial charge in [-0.3, -0.25) is 9.59 Å². The molecule has 0 fully saturated rings. The van der Waals surface area contributed by atoms with Crippen LogP contribution in [0.15, 0.2) is 23.8 Å². The number of fused-ring (bicyclic) bond motifs is 3. The first-order valence-corrected chi connectivity index (χ1v) is 6.17. The number of hydrogen-bond acceptors (Lipinski definition) is 3. The van der Waals surface area contributed by atoms with Crippen LogP contribution in [0.4, 0.5) is 0 Å². The third kappa shape index (κ3) is 1.53. The fraction of sp³-hybridized carbons (Fsp3) is 0.200. The number of benzene rings is 1. The SMILES string of the molecule is CCc1cc2c3c([nH]c2cc1O)C(=O)C=C(C)C3=O. The number of carbonyl (C=O) groups is 2. The van der Waals surface area contributed by atoms with Crippen LogP contribution in [0, 0.1) is 0 Å². The van der Waals surface area contributed by atoms with Crippen molar-refractivity contribution in [2.24, 2.45) is 0 Å². The molecule has 0 atom stereocenters. The lowest BCUT2D eigenvalue weighted by Gasteiger charge is -2.08. The van der Waals surface area contributed by atoms with Gasteiger partial charge in [0, 0.05) is 17.0 Å². The summed E-state index contributed by atoms with van der Waals surface area (Å²) in [5.41, 5.74) is 2.57. The molecule has 0 unspecified atom stereocenters. The van der Waals surface area contributed by atoms with Gasteiger partial charge in [-0.05, 0) is 31.1 Å². The number of phenols is 1. The van der Waals surface area contributed by atoms with Crippen LogP contribution < -0.4 is 0 Å². The number of aromatic hydroxyl groups is 1. The average Bonchev–Trinajstić information content (AvgIpc) is 2.73. The van der Waals surface area contributed by atoms with Crippen molar-refractivity contribution in [2.45, 2.75) is 20.3 Å². The van der Waals surface area contributed by atoms with E-state index < -0.39 is 0 Å². The monoisotopic (exact) mass is 255 g/mol. The minimum Gasteiger partial charge on any atom is -0.508 e. The van der Waals surface area contributed by atoms with Crippen LogP contribution in [-0.4, -0.2) is 21.7 Å². The second-order valence-corrected chi connectivity index (χ2v) is 4.78. The van der Waals surface area contributed by atoms with E-state index in [2.05, 4.69) is 4.98 Å². The Hall–Kier alpha value is -2.36. The quantitative estimate of drug-likeness (QED) is 0.823. The van der Waals surface area contributed by atoms with E-state index in [1.807, 2.05) is 6.92 Å². The smallest absolute Gasteiger partial charge is 0.203 e. The Bertz CT molecular complexity index is 765. The summed E-state index contributed by atoms with van der Waals surface area (Å²) in [6, 6.07) is 3.35. The molecule has 2 N–H and O–H groups in total. The first kappa shape index (κ1) is 11.7. The van der Waals surface area contributed by atoms with Crippen molar-refractivity contribution >= 4 is 22.5 Å². The van der Waals surface area contributed by atoms with Gasteiger partial charge in [0.05, 0.1) is 16.8 Å². The lowest BCUT2D eigenvalue weighted by Crippen LogP contribution is -2.14. The van der Waals surface area contributed by atoms with Crippen LogP contribution >= 0.6 is 0 Å². The van der Waals surface area contributed by atoms with Crippen LogP contribution in [0.5, 0.6) is 5.75 Å². The molecule has 0 radical (unpaired) electrons. The summed E-state index contributed by atoms with van der Waals surface area (Å²) in [6.45, 7) is 3.57. The lowest BCUT2D eigenvalue weighted by molar-refractivity contribution is 0.0983. The van der Waals surface area contributed by atoms with E-state index in [1.165, 1.54) is 6.08 Å². The molecule has 0 amide bonds. The zero-order chi connectivity index (χ0) is 13.7. The number of H-pyrrole nitrogens is 1. The van der Waals surface area contributed by atoms with Gasteiger partial charge in [0.15, 0.2) is 5.78 Å². The molecular weight excluding hydrogens is 242 g/mol. The van der Waals surface area contributed by atoms with Crippen LogP contribution in [0.2, 0.25) is 0 Å². The minimum absolute atomic E-state index is 0.131. The highest BCUT2D eigenvalue weighted by Crippen LogP contribution is 2.33. The van der Waals surface area contributed by atoms with E-state index in [4.69, 9.17) is 0 Å². The van der Waals surface area contributed by atoms with Crippen molar-refractivity contribution in [1.29, 1.82) is 0 Å². The fourth-order valence-corrected chi connectivity index (χ4v) is 2.51. The number of carbonyl (C=O) groups excluding carboxylic acids is 2. The van der Waals surface area contributed by atoms with Crippen molar-refractivity contribution in [1.82, 2.24) is 4.98 Å². The summed E-state index contributed by atoms with van der Waals surface area (Å²) in [5, 5.41) is 10.6. The van der Waals surface area contributed by atoms with E-state index >= 15 is 0 Å². The number of phenolic OH excluding ortho intramolecular Hbond substituents is 1. The molecule has 4 nitrogen and oxygen atoms in total. The number of aryl methyl sites for hydroxylation is 1. The molecule has 4 heteroatoms. The fourth-order valence-electron chi connectivity index (χ4n) is 2.51. The molecule has 0 saturated carbocycles. The summed E-state index contributed by atoms with van der Waals surface area (Å²) in [7, 11) is 0. The van der Waals surface area contributed by atoms with E-state index in [1.54, 1.807) is 19.1 Å². The van der Waals surface area contributed by atoms with Gasteiger partial charge in [0.2, 0.25) is 5.78 Å². The number of Topliss-reactive ketones (excluding diaryl/α,β-unsaturated/α-hetero) is 1. The third-order valence-electron chi connectivity index (χ3n) is 3.56. The molecule has 0 spiro atoms. The van der Waals surface area contributed by atoms with Crippen molar-refractivity contribution < 1.29 is 14.7 Å². The Morgan fingerprint density at radius 1 is 1.26 bits per heavy atom. The van der Waals surface area contributed by atoms with Crippen LogP contribution in [-0.2, 0) is 6.42 Å². The zero-order valence-electron chi connectivity index (χ0n) is 10.7. The Kier molecular flexibility index (Phi) is 2.35. The molecule has 1 aliphatic carbocycles. The molecule has 96 valence electrons. The van der Waals surface area contributed by atoms with Gasteiger partial charge in [-0.2, -0.15) is 0 Å². The Morgan fingerprint density at radius 3 is 2.68 bits per heavy atom. The number of hydrogen-bond donors (Lipinski definition) is 2. The molecule has 0 aliphatic heterocycles. The van der Waals surface area contributed by atoms with Crippen molar-refractivity contribution in [3.63, 3.8) is 0 Å². The van der Waals surface area contributed by atoms with Crippen LogP contribution in [0.1, 0.15) is 40.3 Å². The number of aromatic nitrogens is 1. The maximum Gasteiger partial charge on any atom is 0.203 e. The first-order valence-electron chi connectivity index (χ1n) is 6.17. The summed E-state index contributed by atoms with van der Waals surface area (Å²) < 4.78 is 0. The van der Waals surface area contributed by atoms with Gasteiger partial charge in [-0.25, -0.2) is 0 Å². The molecule has 3 rings (SSSR count). The van der Waals surface area contributed by atoms with Crippen molar-refractivity contribution in [3.05, 3.63) is 40.6 Å². The molecule has 1 aromatic carbocycles. The Labute approximate surface area is 109 Å². The highest BCUT2D eigenvalue weighted by Gasteiger charge is 2.28. The Morgan fingerprint density at radius 2 is 2.00 bits per heavy atom. The minimum atomic E-state index is -0.194. The summed E-state index contributed by atoms with van der Waals surface area (Å²) in [5.74, 6) is -0.146. The topological polar surface area (TPSA) is 70.2 Å². The predicted octanol–water partition coefficient (Wildman–Crippen LogP) is 2.76.